The summed E-state index contributed by atoms with van der Waals surface area (Å²) in [6.45, 7) is 9.02. The van der Waals surface area contributed by atoms with E-state index in [0.717, 1.165) is 25.9 Å². The summed E-state index contributed by atoms with van der Waals surface area (Å²) in [7, 11) is 0. The average Bonchev–Trinajstić information content (AvgIpc) is 2.64. The fourth-order valence-electron chi connectivity index (χ4n) is 3.12. The van der Waals surface area contributed by atoms with Gasteiger partial charge in [-0.3, -0.25) is 4.90 Å². The first-order chi connectivity index (χ1) is 9.79. The Hall–Kier alpha value is -0.480. The Kier molecular flexibility index (Phi) is 5.42. The molecule has 1 aromatic rings. The highest BCUT2D eigenvalue weighted by atomic mass is 79.9. The van der Waals surface area contributed by atoms with Crippen LogP contribution >= 0.6 is 15.9 Å². The van der Waals surface area contributed by atoms with E-state index in [1.807, 2.05) is 0 Å². The summed E-state index contributed by atoms with van der Waals surface area (Å²) in [4.78, 5) is 2.18. The van der Waals surface area contributed by atoms with Crippen LogP contribution in [-0.2, 0) is 6.54 Å². The molecule has 1 aliphatic heterocycles. The molecule has 0 radical (unpaired) electrons. The summed E-state index contributed by atoms with van der Waals surface area (Å²) >= 11 is 3.14. The van der Waals surface area contributed by atoms with Gasteiger partial charge in [0.15, 0.2) is 0 Å². The van der Waals surface area contributed by atoms with Crippen molar-refractivity contribution in [2.24, 2.45) is 11.3 Å². The van der Waals surface area contributed by atoms with E-state index in [2.05, 4.69) is 41.6 Å². The molecular formula is C17H24BrF2N. The normalized spacial score (nSPS) is 21.3. The van der Waals surface area contributed by atoms with Gasteiger partial charge >= 0.3 is 0 Å². The van der Waals surface area contributed by atoms with Crippen molar-refractivity contribution < 1.29 is 8.78 Å². The molecule has 0 aliphatic carbocycles. The molecule has 0 spiro atoms. The molecule has 1 unspecified atom stereocenters. The fraction of sp³-hybridized carbons (Fsp3) is 0.647. The number of rotatable bonds is 2. The van der Waals surface area contributed by atoms with Gasteiger partial charge in [0, 0.05) is 12.1 Å². The highest BCUT2D eigenvalue weighted by Crippen LogP contribution is 2.34. The van der Waals surface area contributed by atoms with E-state index >= 15 is 0 Å². The molecular weight excluding hydrogens is 336 g/mol. The lowest BCUT2D eigenvalue weighted by atomic mass is 9.77. The van der Waals surface area contributed by atoms with Crippen LogP contribution in [0.5, 0.6) is 0 Å². The molecule has 1 aliphatic rings. The molecule has 1 fully saturated rings. The van der Waals surface area contributed by atoms with Crippen molar-refractivity contribution in [3.05, 3.63) is 33.8 Å². The topological polar surface area (TPSA) is 3.24 Å². The zero-order valence-electron chi connectivity index (χ0n) is 13.1. The summed E-state index contributed by atoms with van der Waals surface area (Å²) in [5, 5.41) is 0. The zero-order chi connectivity index (χ0) is 15.6. The van der Waals surface area contributed by atoms with Crippen LogP contribution in [0.25, 0.3) is 0 Å². The number of halogens is 3. The third kappa shape index (κ3) is 4.26. The number of likely N-dealkylation sites (tertiary alicyclic amines) is 1. The van der Waals surface area contributed by atoms with Crippen molar-refractivity contribution in [2.75, 3.05) is 13.1 Å². The summed E-state index contributed by atoms with van der Waals surface area (Å²) in [6, 6.07) is 2.75. The van der Waals surface area contributed by atoms with Gasteiger partial charge in [-0.25, -0.2) is 8.78 Å². The molecule has 1 aromatic carbocycles. The molecule has 118 valence electrons. The second-order valence-electron chi connectivity index (χ2n) is 7.09. The number of nitrogens with zero attached hydrogens (tertiary/aromatic N) is 1. The number of benzene rings is 1. The van der Waals surface area contributed by atoms with Crippen molar-refractivity contribution in [1.29, 1.82) is 0 Å². The first-order valence-electron chi connectivity index (χ1n) is 7.64. The lowest BCUT2D eigenvalue weighted by Crippen LogP contribution is -2.27. The Balaban J connectivity index is 2.06. The maximum absolute atomic E-state index is 14.1. The van der Waals surface area contributed by atoms with Crippen LogP contribution in [0.4, 0.5) is 8.78 Å². The molecule has 1 atom stereocenters. The van der Waals surface area contributed by atoms with Crippen LogP contribution in [0.1, 0.15) is 45.6 Å². The zero-order valence-corrected chi connectivity index (χ0v) is 14.6. The van der Waals surface area contributed by atoms with Gasteiger partial charge in [0.1, 0.15) is 11.6 Å². The quantitative estimate of drug-likeness (QED) is 0.641. The second-order valence-corrected chi connectivity index (χ2v) is 7.95. The number of hydrogen-bond acceptors (Lipinski definition) is 1. The van der Waals surface area contributed by atoms with E-state index in [-0.39, 0.29) is 5.56 Å². The molecule has 1 heterocycles. The molecule has 1 nitrogen and oxygen atoms in total. The van der Waals surface area contributed by atoms with Crippen LogP contribution in [-0.4, -0.2) is 18.0 Å². The van der Waals surface area contributed by atoms with Gasteiger partial charge in [0.25, 0.3) is 0 Å². The maximum atomic E-state index is 14.1. The van der Waals surface area contributed by atoms with Crippen LogP contribution in [0.3, 0.4) is 0 Å². The molecule has 0 saturated carbocycles. The average molecular weight is 360 g/mol. The fourth-order valence-corrected chi connectivity index (χ4v) is 3.49. The van der Waals surface area contributed by atoms with Crippen LogP contribution < -0.4 is 0 Å². The smallest absolute Gasteiger partial charge is 0.144 e. The van der Waals surface area contributed by atoms with E-state index in [1.54, 1.807) is 0 Å². The van der Waals surface area contributed by atoms with Gasteiger partial charge in [-0.2, -0.15) is 0 Å². The van der Waals surface area contributed by atoms with Crippen molar-refractivity contribution in [2.45, 2.75) is 46.6 Å². The Morgan fingerprint density at radius 1 is 1.19 bits per heavy atom. The van der Waals surface area contributed by atoms with Gasteiger partial charge in [0.2, 0.25) is 0 Å². The van der Waals surface area contributed by atoms with Gasteiger partial charge in [-0.05, 0) is 71.7 Å². The molecule has 2 rings (SSSR count). The molecule has 0 amide bonds. The van der Waals surface area contributed by atoms with Gasteiger partial charge in [0.05, 0.1) is 4.47 Å². The summed E-state index contributed by atoms with van der Waals surface area (Å²) in [5.74, 6) is -0.237. The Labute approximate surface area is 134 Å². The molecule has 0 N–H and O–H groups in total. The largest absolute Gasteiger partial charge is 0.299 e. The van der Waals surface area contributed by atoms with Crippen LogP contribution in [0.15, 0.2) is 16.6 Å². The van der Waals surface area contributed by atoms with E-state index in [9.17, 15) is 8.78 Å². The molecule has 0 bridgehead atoms. The lowest BCUT2D eigenvalue weighted by molar-refractivity contribution is 0.205. The molecule has 21 heavy (non-hydrogen) atoms. The third-order valence-electron chi connectivity index (χ3n) is 4.57. The Morgan fingerprint density at radius 2 is 1.90 bits per heavy atom. The van der Waals surface area contributed by atoms with Crippen LogP contribution in [0.2, 0.25) is 0 Å². The highest BCUT2D eigenvalue weighted by Gasteiger charge is 2.27. The van der Waals surface area contributed by atoms with Crippen molar-refractivity contribution in [3.63, 3.8) is 0 Å². The van der Waals surface area contributed by atoms with E-state index < -0.39 is 11.6 Å². The molecule has 4 heteroatoms. The summed E-state index contributed by atoms with van der Waals surface area (Å²) in [6.07, 6.45) is 3.39. The summed E-state index contributed by atoms with van der Waals surface area (Å²) < 4.78 is 28.3. The van der Waals surface area contributed by atoms with Gasteiger partial charge in [-0.1, -0.05) is 20.8 Å². The first kappa shape index (κ1) is 16.9. The Morgan fingerprint density at radius 3 is 2.57 bits per heavy atom. The second kappa shape index (κ2) is 6.74. The van der Waals surface area contributed by atoms with E-state index in [1.165, 1.54) is 18.6 Å². The third-order valence-corrected chi connectivity index (χ3v) is 5.18. The first-order valence-corrected chi connectivity index (χ1v) is 8.43. The minimum atomic E-state index is -0.466. The minimum Gasteiger partial charge on any atom is -0.299 e. The van der Waals surface area contributed by atoms with Crippen molar-refractivity contribution in [1.82, 2.24) is 4.90 Å². The maximum Gasteiger partial charge on any atom is 0.144 e. The number of hydrogen-bond donors (Lipinski definition) is 0. The van der Waals surface area contributed by atoms with E-state index in [0.29, 0.717) is 22.4 Å². The van der Waals surface area contributed by atoms with E-state index in [4.69, 9.17) is 0 Å². The monoisotopic (exact) mass is 359 g/mol. The van der Waals surface area contributed by atoms with Crippen molar-refractivity contribution in [3.8, 4) is 0 Å². The predicted octanol–water partition coefficient (Wildman–Crippen LogP) is 5.38. The van der Waals surface area contributed by atoms with Gasteiger partial charge < -0.3 is 0 Å². The lowest BCUT2D eigenvalue weighted by Gasteiger charge is -2.29. The predicted molar refractivity (Wildman–Crippen MR) is 86.1 cm³/mol. The standard InChI is InChI=1S/C17H24BrF2N/c1-17(2,3)12-5-4-9-21(10-8-12)11-13-15(19)7-6-14(18)16(13)20/h6-7,12H,4-5,8-11H2,1-3H3. The SMILES string of the molecule is CC(C)(C)C1CCCN(Cc2c(F)ccc(Br)c2F)CC1. The van der Waals surface area contributed by atoms with Gasteiger partial charge in [-0.15, -0.1) is 0 Å². The van der Waals surface area contributed by atoms with Crippen LogP contribution in [0, 0.1) is 23.0 Å². The Bertz CT molecular complexity index is 496. The van der Waals surface area contributed by atoms with Crippen molar-refractivity contribution >= 4 is 15.9 Å². The highest BCUT2D eigenvalue weighted by molar-refractivity contribution is 9.10. The minimum absolute atomic E-state index is 0.179. The summed E-state index contributed by atoms with van der Waals surface area (Å²) in [5.41, 5.74) is 0.487. The molecule has 1 saturated heterocycles. The molecule has 0 aromatic heterocycles.